The Bertz CT molecular complexity index is 935. The topological polar surface area (TPSA) is 80.8 Å². The number of ether oxygens (including phenoxy) is 1. The number of nitrogens with zero attached hydrogens (tertiary/aromatic N) is 1. The summed E-state index contributed by atoms with van der Waals surface area (Å²) in [6, 6.07) is 7.31. The van der Waals surface area contributed by atoms with E-state index in [1.54, 1.807) is 17.5 Å². The lowest BCUT2D eigenvalue weighted by molar-refractivity contribution is 0.0475. The summed E-state index contributed by atoms with van der Waals surface area (Å²) in [6.07, 6.45) is 2.63. The number of halogens is 1. The van der Waals surface area contributed by atoms with Crippen molar-refractivity contribution in [3.8, 4) is 0 Å². The summed E-state index contributed by atoms with van der Waals surface area (Å²) in [7, 11) is -3.70. The minimum atomic E-state index is -3.70. The molecule has 2 heterocycles. The first-order valence-corrected chi connectivity index (χ1v) is 11.1. The second-order valence-corrected chi connectivity index (χ2v) is 9.38. The Kier molecular flexibility index (Phi) is 6.31. The quantitative estimate of drug-likeness (QED) is 0.519. The minimum Gasteiger partial charge on any atom is -0.454 e. The fourth-order valence-corrected chi connectivity index (χ4v) is 5.18. The first-order chi connectivity index (χ1) is 12.9. The Balaban J connectivity index is 1.76. The van der Waals surface area contributed by atoms with E-state index in [1.807, 2.05) is 0 Å². The first-order valence-electron chi connectivity index (χ1n) is 8.43. The summed E-state index contributed by atoms with van der Waals surface area (Å²) >= 11 is 7.30. The summed E-state index contributed by atoms with van der Waals surface area (Å²) in [4.78, 5) is 24.8. The third-order valence-electron chi connectivity index (χ3n) is 4.24. The van der Waals surface area contributed by atoms with Crippen molar-refractivity contribution in [3.05, 3.63) is 51.2 Å². The van der Waals surface area contributed by atoms with E-state index in [2.05, 4.69) is 0 Å². The second-order valence-electron chi connectivity index (χ2n) is 6.08. The number of ketones is 1. The molecule has 27 heavy (non-hydrogen) atoms. The Morgan fingerprint density at radius 2 is 1.89 bits per heavy atom. The van der Waals surface area contributed by atoms with Gasteiger partial charge in [0.25, 0.3) is 0 Å². The Morgan fingerprint density at radius 3 is 2.56 bits per heavy atom. The molecule has 0 amide bonds. The number of benzene rings is 1. The van der Waals surface area contributed by atoms with Crippen molar-refractivity contribution >= 4 is 44.7 Å². The molecular formula is C18H18ClNO5S2. The highest BCUT2D eigenvalue weighted by Gasteiger charge is 2.27. The number of carbonyl (C=O) groups excluding carboxylic acids is 2. The number of esters is 1. The predicted octanol–water partition coefficient (Wildman–Crippen LogP) is 3.62. The van der Waals surface area contributed by atoms with E-state index in [4.69, 9.17) is 16.3 Å². The van der Waals surface area contributed by atoms with Gasteiger partial charge in [0.1, 0.15) is 0 Å². The molecule has 2 aromatic rings. The zero-order valence-electron chi connectivity index (χ0n) is 14.4. The fourth-order valence-electron chi connectivity index (χ4n) is 2.79. The van der Waals surface area contributed by atoms with Gasteiger partial charge in [0.05, 0.1) is 20.4 Å². The molecule has 0 aliphatic carbocycles. The molecule has 144 valence electrons. The first kappa shape index (κ1) is 20.0. The highest BCUT2D eigenvalue weighted by atomic mass is 35.5. The molecule has 1 saturated heterocycles. The van der Waals surface area contributed by atoms with E-state index in [9.17, 15) is 18.0 Å². The maximum atomic E-state index is 12.8. The number of hydrogen-bond acceptors (Lipinski definition) is 6. The van der Waals surface area contributed by atoms with Gasteiger partial charge in [-0.3, -0.25) is 4.79 Å². The number of rotatable bonds is 6. The van der Waals surface area contributed by atoms with E-state index in [0.29, 0.717) is 18.0 Å². The smallest absolute Gasteiger partial charge is 0.340 e. The lowest BCUT2D eigenvalue weighted by Gasteiger charge is -2.26. The van der Waals surface area contributed by atoms with Crippen LogP contribution in [0.25, 0.3) is 0 Å². The largest absolute Gasteiger partial charge is 0.454 e. The van der Waals surface area contributed by atoms with Crippen molar-refractivity contribution in [2.45, 2.75) is 24.2 Å². The van der Waals surface area contributed by atoms with Crippen molar-refractivity contribution in [3.63, 3.8) is 0 Å². The van der Waals surface area contributed by atoms with Crippen molar-refractivity contribution < 1.29 is 22.7 Å². The van der Waals surface area contributed by atoms with Crippen LogP contribution < -0.4 is 0 Å². The van der Waals surface area contributed by atoms with Crippen LogP contribution in [0.5, 0.6) is 0 Å². The van der Waals surface area contributed by atoms with Gasteiger partial charge in [-0.25, -0.2) is 13.2 Å². The van der Waals surface area contributed by atoms with E-state index in [-0.39, 0.29) is 21.3 Å². The molecule has 0 radical (unpaired) electrons. The average molecular weight is 428 g/mol. The number of thiophene rings is 1. The van der Waals surface area contributed by atoms with Crippen LogP contribution in [-0.2, 0) is 14.8 Å². The van der Waals surface area contributed by atoms with E-state index in [0.717, 1.165) is 19.3 Å². The average Bonchev–Trinajstić information content (AvgIpc) is 3.21. The van der Waals surface area contributed by atoms with Crippen LogP contribution in [-0.4, -0.2) is 44.2 Å². The van der Waals surface area contributed by atoms with E-state index < -0.39 is 22.6 Å². The number of sulfonamides is 1. The maximum Gasteiger partial charge on any atom is 0.340 e. The molecule has 6 nitrogen and oxygen atoms in total. The van der Waals surface area contributed by atoms with Gasteiger partial charge in [0, 0.05) is 13.1 Å². The molecule has 9 heteroatoms. The van der Waals surface area contributed by atoms with Crippen molar-refractivity contribution in [2.75, 3.05) is 19.7 Å². The predicted molar refractivity (Wildman–Crippen MR) is 103 cm³/mol. The van der Waals surface area contributed by atoms with E-state index >= 15 is 0 Å². The van der Waals surface area contributed by atoms with Crippen LogP contribution in [0.3, 0.4) is 0 Å². The summed E-state index contributed by atoms with van der Waals surface area (Å²) in [6.45, 7) is 0.485. The van der Waals surface area contributed by atoms with Crippen LogP contribution in [0.2, 0.25) is 5.02 Å². The molecule has 1 aliphatic rings. The molecule has 1 aromatic heterocycles. The molecule has 1 aromatic carbocycles. The Labute approximate surface area is 166 Å². The highest BCUT2D eigenvalue weighted by molar-refractivity contribution is 7.89. The molecule has 0 atom stereocenters. The van der Waals surface area contributed by atoms with Crippen molar-refractivity contribution in [1.82, 2.24) is 4.31 Å². The fraction of sp³-hybridized carbons (Fsp3) is 0.333. The SMILES string of the molecule is O=C(COC(=O)c1cc(S(=O)(=O)N2CCCCC2)ccc1Cl)c1cccs1. The number of carbonyl (C=O) groups is 2. The van der Waals surface area contributed by atoms with Crippen LogP contribution >= 0.6 is 22.9 Å². The maximum absolute atomic E-state index is 12.8. The highest BCUT2D eigenvalue weighted by Crippen LogP contribution is 2.25. The van der Waals surface area contributed by atoms with Gasteiger partial charge in [-0.05, 0) is 42.5 Å². The zero-order chi connectivity index (χ0) is 19.4. The molecule has 0 unspecified atom stereocenters. The normalized spacial score (nSPS) is 15.4. The lowest BCUT2D eigenvalue weighted by atomic mass is 10.2. The van der Waals surface area contributed by atoms with Crippen LogP contribution in [0.15, 0.2) is 40.6 Å². The minimum absolute atomic E-state index is 0.00895. The molecular weight excluding hydrogens is 410 g/mol. The third kappa shape index (κ3) is 4.57. The Morgan fingerprint density at radius 1 is 1.15 bits per heavy atom. The number of piperidine rings is 1. The third-order valence-corrected chi connectivity index (χ3v) is 7.38. The van der Waals surface area contributed by atoms with Gasteiger partial charge >= 0.3 is 5.97 Å². The standard InChI is InChI=1S/C18H18ClNO5S2/c19-15-7-6-13(27(23,24)20-8-2-1-3-9-20)11-14(15)18(22)25-12-16(21)17-5-4-10-26-17/h4-7,10-11H,1-3,8-9,12H2. The van der Waals surface area contributed by atoms with Gasteiger partial charge in [0.15, 0.2) is 6.61 Å². The molecule has 1 fully saturated rings. The van der Waals surface area contributed by atoms with Gasteiger partial charge in [-0.15, -0.1) is 11.3 Å². The molecule has 1 aliphatic heterocycles. The second kappa shape index (κ2) is 8.52. The lowest BCUT2D eigenvalue weighted by Crippen LogP contribution is -2.35. The van der Waals surface area contributed by atoms with Gasteiger partial charge < -0.3 is 4.74 Å². The number of Topliss-reactive ketones (excluding diaryl/α,β-unsaturated/α-hetero) is 1. The van der Waals surface area contributed by atoms with Gasteiger partial charge in [0.2, 0.25) is 15.8 Å². The number of hydrogen-bond donors (Lipinski definition) is 0. The van der Waals surface area contributed by atoms with Gasteiger partial charge in [-0.2, -0.15) is 4.31 Å². The molecule has 0 N–H and O–H groups in total. The van der Waals surface area contributed by atoms with Crippen molar-refractivity contribution in [2.24, 2.45) is 0 Å². The summed E-state index contributed by atoms with van der Waals surface area (Å²) in [5.74, 6) is -1.16. The zero-order valence-corrected chi connectivity index (χ0v) is 16.8. The van der Waals surface area contributed by atoms with Crippen LogP contribution in [0.1, 0.15) is 39.3 Å². The molecule has 0 spiro atoms. The van der Waals surface area contributed by atoms with Crippen LogP contribution in [0, 0.1) is 0 Å². The summed E-state index contributed by atoms with van der Waals surface area (Å²) in [5.41, 5.74) is -0.0752. The summed E-state index contributed by atoms with van der Waals surface area (Å²) < 4.78 is 32.0. The molecule has 3 rings (SSSR count). The summed E-state index contributed by atoms with van der Waals surface area (Å²) in [5, 5.41) is 1.82. The van der Waals surface area contributed by atoms with Gasteiger partial charge in [-0.1, -0.05) is 24.1 Å². The van der Waals surface area contributed by atoms with E-state index in [1.165, 1.54) is 33.8 Å². The monoisotopic (exact) mass is 427 g/mol. The molecule has 0 bridgehead atoms. The molecule has 0 saturated carbocycles. The Hall–Kier alpha value is -1.74. The van der Waals surface area contributed by atoms with Crippen molar-refractivity contribution in [1.29, 1.82) is 0 Å². The van der Waals surface area contributed by atoms with Crippen LogP contribution in [0.4, 0.5) is 0 Å².